The molecule has 586 valence electrons. The van der Waals surface area contributed by atoms with E-state index in [-0.39, 0.29) is 0 Å². The highest BCUT2D eigenvalue weighted by molar-refractivity contribution is 6.20. The second kappa shape index (κ2) is 28.2. The zero-order valence-electron chi connectivity index (χ0n) is 67.7. The number of furan rings is 2. The van der Waals surface area contributed by atoms with E-state index in [9.17, 15) is 0 Å². The van der Waals surface area contributed by atoms with Crippen LogP contribution in [-0.2, 0) is 0 Å². The lowest BCUT2D eigenvalue weighted by atomic mass is 9.95. The van der Waals surface area contributed by atoms with Crippen LogP contribution in [0.4, 0.5) is 0 Å². The summed E-state index contributed by atoms with van der Waals surface area (Å²) in [6, 6.07) is 149. The zero-order chi connectivity index (χ0) is 82.6. The molecule has 0 aliphatic carbocycles. The molecule has 0 radical (unpaired) electrons. The summed E-state index contributed by atoms with van der Waals surface area (Å²) >= 11 is 0. The van der Waals surface area contributed by atoms with Gasteiger partial charge in [-0.15, -0.1) is 0 Å². The number of benzene rings is 18. The molecule has 0 aliphatic heterocycles. The maximum Gasteiger partial charge on any atom is 0.238 e. The summed E-state index contributed by atoms with van der Waals surface area (Å²) in [6.07, 6.45) is 0. The predicted octanol–water partition coefficient (Wildman–Crippen LogP) is 29.9. The number of hydrogen-bond acceptors (Lipinski definition) is 7. The maximum atomic E-state index is 6.82. The topological polar surface area (TPSA) is 110 Å². The minimum absolute atomic E-state index is 0.519. The quantitative estimate of drug-likeness (QED) is 0.113. The molecule has 0 aliphatic rings. The molecule has 11 heteroatoms. The van der Waals surface area contributed by atoms with Gasteiger partial charge < -0.3 is 18.0 Å². The van der Waals surface area contributed by atoms with Crippen molar-refractivity contribution in [3.05, 3.63) is 419 Å². The smallest absolute Gasteiger partial charge is 0.238 e. The normalized spacial score (nSPS) is 12.0. The summed E-state index contributed by atoms with van der Waals surface area (Å²) in [6.45, 7) is 0. The van der Waals surface area contributed by atoms with Gasteiger partial charge in [-0.25, -0.2) is 15.0 Å². The van der Waals surface area contributed by atoms with Crippen molar-refractivity contribution in [3.8, 4) is 124 Å². The molecule has 26 aromatic rings. The molecule has 0 amide bonds. The third kappa shape index (κ3) is 11.3. The third-order valence-electron chi connectivity index (χ3n) is 25.5. The van der Waals surface area contributed by atoms with Gasteiger partial charge in [-0.05, 0) is 201 Å². The summed E-state index contributed by atoms with van der Waals surface area (Å²) in [4.78, 5) is 26.6. The Hall–Kier alpha value is -17.2. The Bertz CT molecular complexity index is 8840. The lowest BCUT2D eigenvalue weighted by Crippen LogP contribution is -2.06. The average Bonchev–Trinajstić information content (AvgIpc) is 1.58. The molecule has 11 nitrogen and oxygen atoms in total. The fourth-order valence-electron chi connectivity index (χ4n) is 19.6. The van der Waals surface area contributed by atoms with Crippen molar-refractivity contribution < 1.29 is 8.83 Å². The first-order chi connectivity index (χ1) is 62.4. The predicted molar refractivity (Wildman–Crippen MR) is 516 cm³/mol. The van der Waals surface area contributed by atoms with E-state index in [4.69, 9.17) is 33.8 Å². The van der Waals surface area contributed by atoms with Gasteiger partial charge >= 0.3 is 0 Å². The van der Waals surface area contributed by atoms with E-state index < -0.39 is 0 Å². The van der Waals surface area contributed by atoms with Crippen LogP contribution in [0, 0.1) is 0 Å². The van der Waals surface area contributed by atoms with Gasteiger partial charge in [0.2, 0.25) is 11.9 Å². The first-order valence-corrected chi connectivity index (χ1v) is 42.6. The fraction of sp³-hybridized carbons (Fsp3) is 0. The SMILES string of the molecule is c1ccc(-c2cc(-c3ccccc3)nc(-n3c4ccccc4c4cc(-c5ccc6oc7cccc(-c8ccc9c(c8)c8ccc(-c%10ccc%11c(c%10)c%10cc(-c%12ccc%13oc%14cccc(-c%15ccc%16c(c%15)c%15ccccc%15n%16-c%15ccccc%15)c%14c%13c%12)ccc%10n%11-c%10nc(-c%11ccccc%11)nc(-c%11ccccc%11)n%10)cc8n9-c8ccccc8)c7c6c5)ccc43)n2)cc1. The van der Waals surface area contributed by atoms with Crippen molar-refractivity contribution in [2.45, 2.75) is 0 Å². The lowest BCUT2D eigenvalue weighted by molar-refractivity contribution is 0.668. The van der Waals surface area contributed by atoms with Crippen LogP contribution in [0.3, 0.4) is 0 Å². The summed E-state index contributed by atoms with van der Waals surface area (Å²) in [5, 5.41) is 13.2. The van der Waals surface area contributed by atoms with Crippen molar-refractivity contribution in [2.75, 3.05) is 0 Å². The van der Waals surface area contributed by atoms with Gasteiger partial charge in [0.05, 0.1) is 55.5 Å². The molecule has 0 saturated heterocycles. The molecule has 126 heavy (non-hydrogen) atoms. The molecular formula is C115H69N9O2. The highest BCUT2D eigenvalue weighted by atomic mass is 16.3. The van der Waals surface area contributed by atoms with Gasteiger partial charge in [0.25, 0.3) is 0 Å². The Kier molecular flexibility index (Phi) is 15.8. The summed E-state index contributed by atoms with van der Waals surface area (Å²) in [5.74, 6) is 2.30. The highest BCUT2D eigenvalue weighted by Crippen LogP contribution is 2.48. The van der Waals surface area contributed by atoms with Crippen LogP contribution in [0.5, 0.6) is 0 Å². The van der Waals surface area contributed by atoms with Crippen molar-refractivity contribution in [1.29, 1.82) is 0 Å². The highest BCUT2D eigenvalue weighted by Gasteiger charge is 2.26. The summed E-state index contributed by atoms with van der Waals surface area (Å²) < 4.78 is 22.8. The van der Waals surface area contributed by atoms with Crippen LogP contribution in [0.2, 0.25) is 0 Å². The summed E-state index contributed by atoms with van der Waals surface area (Å²) in [7, 11) is 0. The Morgan fingerprint density at radius 3 is 0.921 bits per heavy atom. The second-order valence-electron chi connectivity index (χ2n) is 32.6. The number of para-hydroxylation sites is 4. The van der Waals surface area contributed by atoms with Crippen LogP contribution < -0.4 is 0 Å². The Balaban J connectivity index is 0.603. The lowest BCUT2D eigenvalue weighted by Gasteiger charge is -2.12. The van der Waals surface area contributed by atoms with Crippen molar-refractivity contribution >= 4 is 131 Å². The minimum atomic E-state index is 0.519. The molecule has 8 heterocycles. The van der Waals surface area contributed by atoms with Crippen LogP contribution in [0.25, 0.3) is 255 Å². The van der Waals surface area contributed by atoms with Gasteiger partial charge in [-0.2, -0.15) is 9.97 Å². The van der Waals surface area contributed by atoms with Crippen LogP contribution in [0.1, 0.15) is 0 Å². The van der Waals surface area contributed by atoms with Crippen molar-refractivity contribution in [2.24, 2.45) is 0 Å². The van der Waals surface area contributed by atoms with E-state index in [0.29, 0.717) is 23.5 Å². The van der Waals surface area contributed by atoms with Crippen molar-refractivity contribution in [3.63, 3.8) is 0 Å². The second-order valence-corrected chi connectivity index (χ2v) is 32.6. The molecular weight excluding hydrogens is 1540 g/mol. The number of fused-ring (bicyclic) bond motifs is 18. The molecule has 18 aromatic carbocycles. The molecule has 8 aromatic heterocycles. The number of hydrogen-bond donors (Lipinski definition) is 0. The van der Waals surface area contributed by atoms with Gasteiger partial charge in [-0.1, -0.05) is 273 Å². The Labute approximate surface area is 721 Å². The molecule has 0 N–H and O–H groups in total. The number of rotatable bonds is 13. The van der Waals surface area contributed by atoms with E-state index in [0.717, 1.165) is 215 Å². The van der Waals surface area contributed by atoms with Gasteiger partial charge in [0.15, 0.2) is 11.6 Å². The number of nitrogens with zero attached hydrogens (tertiary/aromatic N) is 9. The Morgan fingerprint density at radius 1 is 0.167 bits per heavy atom. The standard InChI is InChI=1S/C115H69N9O2/c1-7-25-70(26-8-1)96-69-97(71-27-9-2-10-28-71)117-114(116-96)123-99-42-22-20-38-87(99)89-61-74(46-54-102(89)123)77-51-59-106-94(64-77)111-85(40-24-44-109(111)125-106)81-50-58-101-91(67-81)88-53-45-79(68-105(88)122(101)83-35-17-6-18-36-83)76-48-56-104-93(63-76)92-62-75(47-55-103(92)124(104)115-119-112(72-29-11-3-12-30-72)118-113(120-115)73-31-13-4-14-32-73)78-52-60-107-95(65-78)110-84(39-23-43-108(110)126-107)80-49-57-100-90(66-80)86-37-19-21-41-98(86)121(100)82-33-15-5-16-34-82/h1-69H. The van der Waals surface area contributed by atoms with Gasteiger partial charge in [0.1, 0.15) is 22.3 Å². The van der Waals surface area contributed by atoms with E-state index in [2.05, 4.69) is 388 Å². The average molecular weight is 1610 g/mol. The number of aromatic nitrogens is 9. The largest absolute Gasteiger partial charge is 0.456 e. The van der Waals surface area contributed by atoms with Crippen molar-refractivity contribution in [1.82, 2.24) is 43.2 Å². The van der Waals surface area contributed by atoms with Crippen LogP contribution >= 0.6 is 0 Å². The van der Waals surface area contributed by atoms with Gasteiger partial charge in [-0.3, -0.25) is 9.13 Å². The monoisotopic (exact) mass is 1610 g/mol. The molecule has 26 rings (SSSR count). The molecule has 0 atom stereocenters. The van der Waals surface area contributed by atoms with E-state index >= 15 is 0 Å². The fourth-order valence-corrected chi connectivity index (χ4v) is 19.6. The Morgan fingerprint density at radius 2 is 0.476 bits per heavy atom. The van der Waals surface area contributed by atoms with E-state index in [1.54, 1.807) is 0 Å². The first-order valence-electron chi connectivity index (χ1n) is 42.6. The molecule has 0 spiro atoms. The third-order valence-corrected chi connectivity index (χ3v) is 25.5. The first kappa shape index (κ1) is 70.7. The van der Waals surface area contributed by atoms with Gasteiger partial charge in [0, 0.05) is 98.3 Å². The molecule has 0 bridgehead atoms. The zero-order valence-corrected chi connectivity index (χ0v) is 67.7. The van der Waals surface area contributed by atoms with Crippen LogP contribution in [-0.4, -0.2) is 43.2 Å². The van der Waals surface area contributed by atoms with E-state index in [1.807, 2.05) is 48.5 Å². The minimum Gasteiger partial charge on any atom is -0.456 e. The molecule has 0 unspecified atom stereocenters. The maximum absolute atomic E-state index is 6.82. The van der Waals surface area contributed by atoms with E-state index in [1.165, 1.54) is 16.3 Å². The van der Waals surface area contributed by atoms with Crippen LogP contribution in [0.15, 0.2) is 427 Å². The molecule has 0 saturated carbocycles. The summed E-state index contributed by atoms with van der Waals surface area (Å²) in [5.41, 5.74) is 30.4. The molecule has 0 fully saturated rings.